The third-order valence-electron chi connectivity index (χ3n) is 4.33. The first-order valence-corrected chi connectivity index (χ1v) is 8.05. The summed E-state index contributed by atoms with van der Waals surface area (Å²) >= 11 is 0. The average molecular weight is 324 g/mol. The number of quaternary nitrogens is 1. The minimum Gasteiger partial charge on any atom is -0.507 e. The molecule has 0 saturated carbocycles. The lowest BCUT2D eigenvalue weighted by atomic mass is 9.83. The second-order valence-electron chi connectivity index (χ2n) is 6.38. The van der Waals surface area contributed by atoms with Crippen molar-refractivity contribution in [3.63, 3.8) is 0 Å². The smallest absolute Gasteiger partial charge is 0.342 e. The first-order chi connectivity index (χ1) is 10.9. The van der Waals surface area contributed by atoms with Crippen LogP contribution in [0.1, 0.15) is 37.0 Å². The largest absolute Gasteiger partial charge is 0.507 e. The van der Waals surface area contributed by atoms with Crippen molar-refractivity contribution in [1.82, 2.24) is 0 Å². The number of aliphatic hydroxyl groups is 1. The molecule has 4 N–H and O–H groups in total. The number of phenols is 1. The van der Waals surface area contributed by atoms with Gasteiger partial charge in [0.25, 0.3) is 0 Å². The van der Waals surface area contributed by atoms with Gasteiger partial charge in [-0.3, -0.25) is 0 Å². The number of piperidine rings is 1. The molecule has 0 unspecified atom stereocenters. The molecule has 1 aromatic carbocycles. The van der Waals surface area contributed by atoms with Crippen LogP contribution in [0.5, 0.6) is 11.5 Å². The summed E-state index contributed by atoms with van der Waals surface area (Å²) in [5, 5.41) is 21.0. The maximum absolute atomic E-state index is 12.4. The van der Waals surface area contributed by atoms with E-state index in [4.69, 9.17) is 14.6 Å². The van der Waals surface area contributed by atoms with Gasteiger partial charge in [-0.15, -0.1) is 0 Å². The van der Waals surface area contributed by atoms with Crippen LogP contribution >= 0.6 is 0 Å². The first kappa shape index (κ1) is 17.6. The van der Waals surface area contributed by atoms with E-state index in [9.17, 15) is 9.90 Å². The monoisotopic (exact) mass is 324 g/mol. The fraction of sp³-hybridized carbons (Fsp3) is 0.588. The standard InChI is InChI=1S/C17H25NO5/c1-17(2,12-5-7-18-8-6-12)23-16(21)14-4-3-13(11-15(14)20)22-10-9-19/h3-4,11-12,18-20H,5-10H2,1-2H3/p+1. The lowest BCUT2D eigenvalue weighted by Crippen LogP contribution is -2.86. The highest BCUT2D eigenvalue weighted by molar-refractivity contribution is 5.92. The van der Waals surface area contributed by atoms with Crippen molar-refractivity contribution in [2.24, 2.45) is 5.92 Å². The molecule has 0 spiro atoms. The normalized spacial score (nSPS) is 16.1. The predicted molar refractivity (Wildman–Crippen MR) is 84.6 cm³/mol. The van der Waals surface area contributed by atoms with E-state index in [2.05, 4.69) is 5.32 Å². The summed E-state index contributed by atoms with van der Waals surface area (Å²) in [5.41, 5.74) is -0.444. The summed E-state index contributed by atoms with van der Waals surface area (Å²) in [6.45, 7) is 5.97. The molecule has 1 fully saturated rings. The van der Waals surface area contributed by atoms with Crippen LogP contribution in [0.3, 0.4) is 0 Å². The molecular formula is C17H26NO5+. The van der Waals surface area contributed by atoms with Gasteiger partial charge in [-0.25, -0.2) is 4.79 Å². The molecule has 1 aliphatic heterocycles. The number of aromatic hydroxyl groups is 1. The SMILES string of the molecule is CC(C)(OC(=O)c1ccc(OCCO)cc1O)C1CC[NH2+]CC1. The highest BCUT2D eigenvalue weighted by atomic mass is 16.6. The van der Waals surface area contributed by atoms with E-state index in [1.807, 2.05) is 13.8 Å². The van der Waals surface area contributed by atoms with E-state index < -0.39 is 11.6 Å². The van der Waals surface area contributed by atoms with Gasteiger partial charge in [0.15, 0.2) is 0 Å². The second kappa shape index (κ2) is 7.66. The Bertz CT molecular complexity index is 538. The molecule has 1 heterocycles. The van der Waals surface area contributed by atoms with Gasteiger partial charge in [-0.2, -0.15) is 0 Å². The molecule has 1 aromatic rings. The Hall–Kier alpha value is -1.79. The number of carbonyl (C=O) groups excluding carboxylic acids is 1. The first-order valence-electron chi connectivity index (χ1n) is 8.05. The Labute approximate surface area is 136 Å². The summed E-state index contributed by atoms with van der Waals surface area (Å²) in [5.74, 6) is 0.00918. The van der Waals surface area contributed by atoms with Crippen molar-refractivity contribution in [1.29, 1.82) is 0 Å². The number of phenolic OH excluding ortho intramolecular Hbond substituents is 1. The molecule has 1 saturated heterocycles. The summed E-state index contributed by atoms with van der Waals surface area (Å²) in [4.78, 5) is 12.4. The Morgan fingerprint density at radius 1 is 1.35 bits per heavy atom. The van der Waals surface area contributed by atoms with Gasteiger partial charge in [0.05, 0.1) is 19.7 Å². The van der Waals surface area contributed by atoms with E-state index in [-0.39, 0.29) is 24.5 Å². The molecule has 23 heavy (non-hydrogen) atoms. The Morgan fingerprint density at radius 3 is 2.65 bits per heavy atom. The number of aliphatic hydroxyl groups excluding tert-OH is 1. The van der Waals surface area contributed by atoms with Crippen LogP contribution in [-0.2, 0) is 4.74 Å². The number of benzene rings is 1. The summed E-state index contributed by atoms with van der Waals surface area (Å²) < 4.78 is 10.9. The lowest BCUT2D eigenvalue weighted by molar-refractivity contribution is -0.665. The van der Waals surface area contributed by atoms with E-state index in [1.165, 1.54) is 12.1 Å². The summed E-state index contributed by atoms with van der Waals surface area (Å²) in [6.07, 6.45) is 2.03. The minimum absolute atomic E-state index is 0.114. The van der Waals surface area contributed by atoms with Gasteiger partial charge < -0.3 is 25.0 Å². The number of nitrogens with two attached hydrogens (primary N) is 1. The molecule has 0 aliphatic carbocycles. The van der Waals surface area contributed by atoms with Crippen LogP contribution in [0, 0.1) is 5.92 Å². The van der Waals surface area contributed by atoms with E-state index in [1.54, 1.807) is 6.07 Å². The average Bonchev–Trinajstić information content (AvgIpc) is 2.53. The molecule has 0 amide bonds. The maximum atomic E-state index is 12.4. The Kier molecular flexibility index (Phi) is 5.85. The van der Waals surface area contributed by atoms with Crippen LogP contribution in [0.15, 0.2) is 18.2 Å². The van der Waals surface area contributed by atoms with E-state index >= 15 is 0 Å². The number of rotatable bonds is 6. The van der Waals surface area contributed by atoms with Crippen molar-refractivity contribution in [2.45, 2.75) is 32.3 Å². The molecule has 1 aliphatic rings. The molecule has 0 atom stereocenters. The molecule has 2 rings (SSSR count). The second-order valence-corrected chi connectivity index (χ2v) is 6.38. The highest BCUT2D eigenvalue weighted by Gasteiger charge is 2.36. The zero-order valence-electron chi connectivity index (χ0n) is 13.7. The number of esters is 1. The number of hydrogen-bond acceptors (Lipinski definition) is 5. The zero-order valence-corrected chi connectivity index (χ0v) is 13.7. The number of ether oxygens (including phenoxy) is 2. The number of carbonyl (C=O) groups is 1. The van der Waals surface area contributed by atoms with Gasteiger partial charge in [0.1, 0.15) is 29.3 Å². The van der Waals surface area contributed by atoms with Crippen molar-refractivity contribution >= 4 is 5.97 Å². The van der Waals surface area contributed by atoms with Crippen molar-refractivity contribution in [3.8, 4) is 11.5 Å². The number of hydrogen-bond donors (Lipinski definition) is 3. The third-order valence-corrected chi connectivity index (χ3v) is 4.33. The van der Waals surface area contributed by atoms with E-state index in [0.717, 1.165) is 25.9 Å². The van der Waals surface area contributed by atoms with Crippen LogP contribution in [0.4, 0.5) is 0 Å². The van der Waals surface area contributed by atoms with Crippen molar-refractivity contribution in [3.05, 3.63) is 23.8 Å². The molecule has 6 heteroatoms. The quantitative estimate of drug-likeness (QED) is 0.669. The van der Waals surface area contributed by atoms with Gasteiger partial charge >= 0.3 is 5.97 Å². The molecule has 0 radical (unpaired) electrons. The van der Waals surface area contributed by atoms with Crippen LogP contribution in [0.25, 0.3) is 0 Å². The van der Waals surface area contributed by atoms with Crippen LogP contribution in [-0.4, -0.2) is 48.1 Å². The molecular weight excluding hydrogens is 298 g/mol. The highest BCUT2D eigenvalue weighted by Crippen LogP contribution is 2.31. The fourth-order valence-corrected chi connectivity index (χ4v) is 2.94. The molecule has 0 aromatic heterocycles. The molecule has 128 valence electrons. The maximum Gasteiger partial charge on any atom is 0.342 e. The van der Waals surface area contributed by atoms with Crippen LogP contribution in [0.2, 0.25) is 0 Å². The Morgan fingerprint density at radius 2 is 2.04 bits per heavy atom. The topological polar surface area (TPSA) is 92.6 Å². The van der Waals surface area contributed by atoms with Gasteiger partial charge in [0, 0.05) is 24.8 Å². The van der Waals surface area contributed by atoms with Gasteiger partial charge in [-0.05, 0) is 26.0 Å². The minimum atomic E-state index is -0.566. The molecule has 6 nitrogen and oxygen atoms in total. The lowest BCUT2D eigenvalue weighted by Gasteiger charge is -2.35. The molecule has 0 bridgehead atoms. The van der Waals surface area contributed by atoms with Crippen LogP contribution < -0.4 is 10.1 Å². The summed E-state index contributed by atoms with van der Waals surface area (Å²) in [6, 6.07) is 4.42. The van der Waals surface area contributed by atoms with Gasteiger partial charge in [0.2, 0.25) is 0 Å². The van der Waals surface area contributed by atoms with Crippen molar-refractivity contribution in [2.75, 3.05) is 26.3 Å². The summed E-state index contributed by atoms with van der Waals surface area (Å²) in [7, 11) is 0. The fourth-order valence-electron chi connectivity index (χ4n) is 2.94. The predicted octanol–water partition coefficient (Wildman–Crippen LogP) is 0.672. The van der Waals surface area contributed by atoms with E-state index in [0.29, 0.717) is 11.7 Å². The Balaban J connectivity index is 2.04. The van der Waals surface area contributed by atoms with Gasteiger partial charge in [-0.1, -0.05) is 0 Å². The zero-order chi connectivity index (χ0) is 16.9. The van der Waals surface area contributed by atoms with Crippen molar-refractivity contribution < 1.29 is 29.8 Å². The third kappa shape index (κ3) is 4.59.